The molecule has 0 atom stereocenters. The van der Waals surface area contributed by atoms with Gasteiger partial charge in [-0.3, -0.25) is 0 Å². The molecular weight excluding hydrogens is 272 g/mol. The van der Waals surface area contributed by atoms with E-state index in [0.29, 0.717) is 4.90 Å². The molecule has 2 N–H and O–H groups in total. The third-order valence-electron chi connectivity index (χ3n) is 3.73. The smallest absolute Gasteiger partial charge is 0.240 e. The van der Waals surface area contributed by atoms with E-state index in [0.717, 1.165) is 45.2 Å². The van der Waals surface area contributed by atoms with Crippen molar-refractivity contribution >= 4 is 10.0 Å². The Labute approximate surface area is 122 Å². The predicted octanol–water partition coefficient (Wildman–Crippen LogP) is 2.06. The molecule has 20 heavy (non-hydrogen) atoms. The minimum Gasteiger partial charge on any atom is -0.317 e. The highest BCUT2D eigenvalue weighted by atomic mass is 32.2. The maximum Gasteiger partial charge on any atom is 0.240 e. The molecule has 1 fully saturated rings. The van der Waals surface area contributed by atoms with Crippen LogP contribution in [0.25, 0.3) is 0 Å². The second kappa shape index (κ2) is 7.20. The molecule has 5 heteroatoms. The number of hydrogen-bond acceptors (Lipinski definition) is 3. The highest BCUT2D eigenvalue weighted by Crippen LogP contribution is 2.21. The summed E-state index contributed by atoms with van der Waals surface area (Å²) in [5.41, 5.74) is 1.19. The summed E-state index contributed by atoms with van der Waals surface area (Å²) in [7, 11) is -3.33. The Morgan fingerprint density at radius 2 is 1.90 bits per heavy atom. The molecule has 0 spiro atoms. The highest BCUT2D eigenvalue weighted by molar-refractivity contribution is 7.89. The first-order valence-corrected chi connectivity index (χ1v) is 8.92. The summed E-state index contributed by atoms with van der Waals surface area (Å²) in [4.78, 5) is 0.375. The van der Waals surface area contributed by atoms with Gasteiger partial charge < -0.3 is 5.32 Å². The van der Waals surface area contributed by atoms with Gasteiger partial charge in [0.05, 0.1) is 4.90 Å². The lowest BCUT2D eigenvalue weighted by atomic mass is 9.94. The van der Waals surface area contributed by atoms with Crippen LogP contribution in [-0.4, -0.2) is 27.5 Å². The normalized spacial score (nSPS) is 16.1. The van der Waals surface area contributed by atoms with Gasteiger partial charge in [0.2, 0.25) is 10.0 Å². The third-order valence-corrected chi connectivity index (χ3v) is 5.27. The van der Waals surface area contributed by atoms with Crippen LogP contribution in [0.15, 0.2) is 29.2 Å². The first-order chi connectivity index (χ1) is 9.62. The first kappa shape index (κ1) is 15.5. The molecule has 112 valence electrons. The fourth-order valence-electron chi connectivity index (χ4n) is 2.24. The summed E-state index contributed by atoms with van der Waals surface area (Å²) in [5, 5.41) is 3.28. The summed E-state index contributed by atoms with van der Waals surface area (Å²) >= 11 is 0. The van der Waals surface area contributed by atoms with Gasteiger partial charge in [0.25, 0.3) is 0 Å². The highest BCUT2D eigenvalue weighted by Gasteiger charge is 2.24. The molecular formula is C15H24N2O2S. The van der Waals surface area contributed by atoms with Crippen molar-refractivity contribution in [1.82, 2.24) is 10.0 Å². The van der Waals surface area contributed by atoms with Crippen LogP contribution in [0.5, 0.6) is 0 Å². The summed E-state index contributed by atoms with van der Waals surface area (Å²) in [6.45, 7) is 4.08. The van der Waals surface area contributed by atoms with Crippen LogP contribution in [0.1, 0.15) is 38.2 Å². The lowest BCUT2D eigenvalue weighted by Crippen LogP contribution is -2.39. The van der Waals surface area contributed by atoms with E-state index in [1.54, 1.807) is 12.1 Å². The number of benzene rings is 1. The molecule has 0 aromatic heterocycles. The Morgan fingerprint density at radius 1 is 1.20 bits per heavy atom. The average Bonchev–Trinajstić information content (AvgIpc) is 2.40. The lowest BCUT2D eigenvalue weighted by Gasteiger charge is -2.26. The molecule has 1 aliphatic rings. The van der Waals surface area contributed by atoms with Crippen molar-refractivity contribution in [3.63, 3.8) is 0 Å². The molecule has 1 aliphatic carbocycles. The number of aryl methyl sites for hydroxylation is 1. The standard InChI is InChI=1S/C15H24N2O2S/c1-2-16-12-4-5-13-8-10-15(11-9-13)20(18,19)17-14-6-3-7-14/h8-11,14,16-17H,2-7,12H2,1H3. The number of rotatable bonds is 8. The van der Waals surface area contributed by atoms with E-state index in [4.69, 9.17) is 0 Å². The Morgan fingerprint density at radius 3 is 2.45 bits per heavy atom. The van der Waals surface area contributed by atoms with Gasteiger partial charge in [0.1, 0.15) is 0 Å². The van der Waals surface area contributed by atoms with Gasteiger partial charge in [0.15, 0.2) is 0 Å². The first-order valence-electron chi connectivity index (χ1n) is 7.44. The minimum absolute atomic E-state index is 0.139. The van der Waals surface area contributed by atoms with Gasteiger partial charge >= 0.3 is 0 Å². The van der Waals surface area contributed by atoms with E-state index in [1.807, 2.05) is 12.1 Å². The maximum absolute atomic E-state index is 12.1. The molecule has 0 aliphatic heterocycles. The molecule has 0 radical (unpaired) electrons. The van der Waals surface area contributed by atoms with Crippen molar-refractivity contribution < 1.29 is 8.42 Å². The van der Waals surface area contributed by atoms with Crippen molar-refractivity contribution in [3.8, 4) is 0 Å². The largest absolute Gasteiger partial charge is 0.317 e. The van der Waals surface area contributed by atoms with Crippen molar-refractivity contribution in [1.29, 1.82) is 0 Å². The zero-order chi connectivity index (χ0) is 14.4. The summed E-state index contributed by atoms with van der Waals surface area (Å²) in [6, 6.07) is 7.40. The van der Waals surface area contributed by atoms with E-state index in [9.17, 15) is 8.42 Å². The van der Waals surface area contributed by atoms with Crippen LogP contribution < -0.4 is 10.0 Å². The zero-order valence-corrected chi connectivity index (χ0v) is 12.9. The summed E-state index contributed by atoms with van der Waals surface area (Å²) in [6.07, 6.45) is 5.09. The number of sulfonamides is 1. The molecule has 0 saturated heterocycles. The predicted molar refractivity (Wildman–Crippen MR) is 81.3 cm³/mol. The Balaban J connectivity index is 1.89. The molecule has 0 amide bonds. The van der Waals surface area contributed by atoms with Crippen molar-refractivity contribution in [2.75, 3.05) is 13.1 Å². The molecule has 1 aromatic rings. The van der Waals surface area contributed by atoms with Gasteiger partial charge in [-0.15, -0.1) is 0 Å². The topological polar surface area (TPSA) is 58.2 Å². The molecule has 0 unspecified atom stereocenters. The Kier molecular flexibility index (Phi) is 5.57. The van der Waals surface area contributed by atoms with Crippen LogP contribution in [0.3, 0.4) is 0 Å². The molecule has 0 heterocycles. The van der Waals surface area contributed by atoms with Gasteiger partial charge in [-0.25, -0.2) is 13.1 Å². The fraction of sp³-hybridized carbons (Fsp3) is 0.600. The van der Waals surface area contributed by atoms with E-state index >= 15 is 0 Å². The van der Waals surface area contributed by atoms with E-state index in [1.165, 1.54) is 5.56 Å². The lowest BCUT2D eigenvalue weighted by molar-refractivity contribution is 0.383. The van der Waals surface area contributed by atoms with Crippen LogP contribution in [0.4, 0.5) is 0 Å². The minimum atomic E-state index is -3.33. The van der Waals surface area contributed by atoms with Gasteiger partial charge in [-0.05, 0) is 56.5 Å². The van der Waals surface area contributed by atoms with Crippen molar-refractivity contribution in [2.45, 2.75) is 50.0 Å². The second-order valence-electron chi connectivity index (χ2n) is 5.35. The number of nitrogens with one attached hydrogen (secondary N) is 2. The van der Waals surface area contributed by atoms with Gasteiger partial charge in [-0.2, -0.15) is 0 Å². The van der Waals surface area contributed by atoms with Gasteiger partial charge in [-0.1, -0.05) is 25.5 Å². The van der Waals surface area contributed by atoms with Crippen LogP contribution in [0.2, 0.25) is 0 Å². The average molecular weight is 296 g/mol. The zero-order valence-electron chi connectivity index (χ0n) is 12.1. The molecule has 4 nitrogen and oxygen atoms in total. The molecule has 1 saturated carbocycles. The maximum atomic E-state index is 12.1. The van der Waals surface area contributed by atoms with Gasteiger partial charge in [0, 0.05) is 6.04 Å². The quantitative estimate of drug-likeness (QED) is 0.722. The summed E-state index contributed by atoms with van der Waals surface area (Å²) in [5.74, 6) is 0. The second-order valence-corrected chi connectivity index (χ2v) is 7.06. The molecule has 0 bridgehead atoms. The number of hydrogen-bond donors (Lipinski definition) is 2. The third kappa shape index (κ3) is 4.30. The van der Waals surface area contributed by atoms with E-state index in [2.05, 4.69) is 17.0 Å². The summed E-state index contributed by atoms with van der Waals surface area (Å²) < 4.78 is 27.0. The Hall–Kier alpha value is -0.910. The van der Waals surface area contributed by atoms with E-state index < -0.39 is 10.0 Å². The molecule has 2 rings (SSSR count). The van der Waals surface area contributed by atoms with Crippen LogP contribution in [0, 0.1) is 0 Å². The molecule has 1 aromatic carbocycles. The van der Waals surface area contributed by atoms with Crippen molar-refractivity contribution in [2.24, 2.45) is 0 Å². The van der Waals surface area contributed by atoms with Crippen LogP contribution >= 0.6 is 0 Å². The Bertz CT molecular complexity index is 507. The fourth-order valence-corrected chi connectivity index (χ4v) is 3.55. The SMILES string of the molecule is CCNCCCc1ccc(S(=O)(=O)NC2CCC2)cc1. The van der Waals surface area contributed by atoms with E-state index in [-0.39, 0.29) is 6.04 Å². The monoisotopic (exact) mass is 296 g/mol. The van der Waals surface area contributed by atoms with Crippen LogP contribution in [-0.2, 0) is 16.4 Å². The van der Waals surface area contributed by atoms with Crippen molar-refractivity contribution in [3.05, 3.63) is 29.8 Å².